The Balaban J connectivity index is 1.65. The fourth-order valence-electron chi connectivity index (χ4n) is 3.66. The van der Waals surface area contributed by atoms with Crippen LogP contribution in [-0.4, -0.2) is 0 Å². The maximum atomic E-state index is 2.46. The molecule has 0 nitrogen and oxygen atoms in total. The van der Waals surface area contributed by atoms with Gasteiger partial charge in [0.25, 0.3) is 0 Å². The first-order valence-electron chi connectivity index (χ1n) is 8.94. The van der Waals surface area contributed by atoms with Crippen molar-refractivity contribution in [3.63, 3.8) is 0 Å². The number of rotatable bonds is 4. The zero-order valence-corrected chi connectivity index (χ0v) is 14.3. The van der Waals surface area contributed by atoms with Crippen LogP contribution in [0.2, 0.25) is 0 Å². The zero-order valence-electron chi connectivity index (χ0n) is 14.3. The molecule has 3 aromatic carbocycles. The lowest BCUT2D eigenvalue weighted by Crippen LogP contribution is -2.03. The van der Waals surface area contributed by atoms with Crippen LogP contribution < -0.4 is 0 Å². The molecule has 0 unspecified atom stereocenters. The topological polar surface area (TPSA) is 0 Å². The normalized spacial score (nSPS) is 19.9. The molecule has 0 spiro atoms. The predicted octanol–water partition coefficient (Wildman–Crippen LogP) is 6.59. The van der Waals surface area contributed by atoms with Gasteiger partial charge in [0.2, 0.25) is 0 Å². The van der Waals surface area contributed by atoms with E-state index in [1.807, 2.05) is 0 Å². The minimum Gasteiger partial charge on any atom is -0.0796 e. The fraction of sp³-hybridized carbons (Fsp3) is 0.120. The highest BCUT2D eigenvalue weighted by Crippen LogP contribution is 2.43. The molecule has 0 amide bonds. The third-order valence-electron chi connectivity index (χ3n) is 4.96. The van der Waals surface area contributed by atoms with Crippen molar-refractivity contribution in [2.75, 3.05) is 0 Å². The molecule has 122 valence electrons. The molecule has 0 saturated carbocycles. The third kappa shape index (κ3) is 3.64. The first-order chi connectivity index (χ1) is 12.4. The van der Waals surface area contributed by atoms with E-state index in [2.05, 4.69) is 109 Å². The monoisotopic (exact) mass is 322 g/mol. The summed E-state index contributed by atoms with van der Waals surface area (Å²) in [7, 11) is 0. The molecule has 0 bridgehead atoms. The minimum atomic E-state index is 0.441. The summed E-state index contributed by atoms with van der Waals surface area (Å²) < 4.78 is 0. The molecular weight excluding hydrogens is 300 g/mol. The summed E-state index contributed by atoms with van der Waals surface area (Å²) >= 11 is 0. The van der Waals surface area contributed by atoms with Crippen molar-refractivity contribution in [2.24, 2.45) is 5.92 Å². The molecule has 0 heteroatoms. The third-order valence-corrected chi connectivity index (χ3v) is 4.96. The largest absolute Gasteiger partial charge is 0.0796 e. The van der Waals surface area contributed by atoms with Crippen molar-refractivity contribution in [3.8, 4) is 0 Å². The molecule has 0 radical (unpaired) electrons. The van der Waals surface area contributed by atoms with Crippen molar-refractivity contribution >= 4 is 11.6 Å². The molecule has 1 aliphatic carbocycles. The molecule has 0 aliphatic heterocycles. The Morgan fingerprint density at radius 2 is 1.28 bits per heavy atom. The standard InChI is InChI=1S/C25H22/c1-4-10-20(11-5-1)16-17-23-18-24(21-12-6-2-7-13-21)19-25(23)22-14-8-3-9-15-22/h1-17,19,23,25H,18H2/b17-16+/t23-,25+/m1/s1. The minimum absolute atomic E-state index is 0.441. The second-order valence-corrected chi connectivity index (χ2v) is 6.63. The highest BCUT2D eigenvalue weighted by molar-refractivity contribution is 5.70. The van der Waals surface area contributed by atoms with Crippen molar-refractivity contribution in [3.05, 3.63) is 120 Å². The molecule has 0 heterocycles. The number of hydrogen-bond acceptors (Lipinski definition) is 0. The van der Waals surface area contributed by atoms with Gasteiger partial charge in [0, 0.05) is 5.92 Å². The quantitative estimate of drug-likeness (QED) is 0.508. The molecule has 2 atom stereocenters. The van der Waals surface area contributed by atoms with Crippen LogP contribution in [0.15, 0.2) is 103 Å². The van der Waals surface area contributed by atoms with Gasteiger partial charge in [0.15, 0.2) is 0 Å². The van der Waals surface area contributed by atoms with E-state index < -0.39 is 0 Å². The summed E-state index contributed by atoms with van der Waals surface area (Å²) in [4.78, 5) is 0. The Morgan fingerprint density at radius 1 is 0.680 bits per heavy atom. The van der Waals surface area contributed by atoms with Crippen molar-refractivity contribution < 1.29 is 0 Å². The van der Waals surface area contributed by atoms with Crippen LogP contribution in [0.3, 0.4) is 0 Å². The van der Waals surface area contributed by atoms with Gasteiger partial charge in [-0.1, -0.05) is 109 Å². The van der Waals surface area contributed by atoms with Gasteiger partial charge in [-0.15, -0.1) is 0 Å². The second-order valence-electron chi connectivity index (χ2n) is 6.63. The maximum Gasteiger partial charge on any atom is 0.00901 e. The lowest BCUT2D eigenvalue weighted by atomic mass is 9.88. The highest BCUT2D eigenvalue weighted by Gasteiger charge is 2.27. The van der Waals surface area contributed by atoms with E-state index in [4.69, 9.17) is 0 Å². The molecule has 0 N–H and O–H groups in total. The Kier molecular flexibility index (Phi) is 4.61. The van der Waals surface area contributed by atoms with Gasteiger partial charge in [-0.2, -0.15) is 0 Å². The lowest BCUT2D eigenvalue weighted by Gasteiger charge is -2.16. The van der Waals surface area contributed by atoms with Crippen LogP contribution in [-0.2, 0) is 0 Å². The average Bonchev–Trinajstić information content (AvgIpc) is 3.13. The van der Waals surface area contributed by atoms with E-state index in [1.54, 1.807) is 0 Å². The van der Waals surface area contributed by atoms with Crippen LogP contribution in [0.4, 0.5) is 0 Å². The van der Waals surface area contributed by atoms with Gasteiger partial charge < -0.3 is 0 Å². The van der Waals surface area contributed by atoms with Gasteiger partial charge in [-0.05, 0) is 34.6 Å². The Morgan fingerprint density at radius 3 is 1.96 bits per heavy atom. The average molecular weight is 322 g/mol. The highest BCUT2D eigenvalue weighted by atomic mass is 14.3. The molecular formula is C25H22. The smallest absolute Gasteiger partial charge is 0.00901 e. The van der Waals surface area contributed by atoms with Gasteiger partial charge in [-0.3, -0.25) is 0 Å². The van der Waals surface area contributed by atoms with Crippen LogP contribution >= 0.6 is 0 Å². The second kappa shape index (κ2) is 7.36. The summed E-state index contributed by atoms with van der Waals surface area (Å²) in [5.74, 6) is 0.939. The van der Waals surface area contributed by atoms with E-state index in [0.29, 0.717) is 11.8 Å². The molecule has 0 aromatic heterocycles. The summed E-state index contributed by atoms with van der Waals surface area (Å²) in [6.45, 7) is 0. The fourth-order valence-corrected chi connectivity index (χ4v) is 3.66. The Hall–Kier alpha value is -2.86. The van der Waals surface area contributed by atoms with Gasteiger partial charge >= 0.3 is 0 Å². The first-order valence-corrected chi connectivity index (χ1v) is 8.94. The van der Waals surface area contributed by atoms with E-state index in [-0.39, 0.29) is 0 Å². The molecule has 4 rings (SSSR count). The van der Waals surface area contributed by atoms with Crippen LogP contribution in [0, 0.1) is 5.92 Å². The van der Waals surface area contributed by atoms with Crippen molar-refractivity contribution in [2.45, 2.75) is 12.3 Å². The zero-order chi connectivity index (χ0) is 16.9. The summed E-state index contributed by atoms with van der Waals surface area (Å²) in [5.41, 5.74) is 5.47. The van der Waals surface area contributed by atoms with Crippen molar-refractivity contribution in [1.29, 1.82) is 0 Å². The summed E-state index contributed by atoms with van der Waals surface area (Å²) in [6, 6.07) is 32.2. The number of allylic oxidation sites excluding steroid dienone is 3. The first kappa shape index (κ1) is 15.7. The molecule has 0 fully saturated rings. The number of benzene rings is 3. The molecule has 25 heavy (non-hydrogen) atoms. The van der Waals surface area contributed by atoms with Crippen LogP contribution in [0.1, 0.15) is 29.0 Å². The SMILES string of the molecule is C1=C(c2ccccc2)C[C@@H](/C=C/c2ccccc2)[C@@H]1c1ccccc1. The predicted molar refractivity (Wildman–Crippen MR) is 107 cm³/mol. The van der Waals surface area contributed by atoms with E-state index in [0.717, 1.165) is 6.42 Å². The molecule has 1 aliphatic rings. The lowest BCUT2D eigenvalue weighted by molar-refractivity contribution is 0.635. The van der Waals surface area contributed by atoms with E-state index >= 15 is 0 Å². The van der Waals surface area contributed by atoms with Crippen molar-refractivity contribution in [1.82, 2.24) is 0 Å². The van der Waals surface area contributed by atoms with E-state index in [9.17, 15) is 0 Å². The van der Waals surface area contributed by atoms with E-state index in [1.165, 1.54) is 22.3 Å². The summed E-state index contributed by atoms with van der Waals surface area (Å²) in [5, 5.41) is 0. The summed E-state index contributed by atoms with van der Waals surface area (Å²) in [6.07, 6.45) is 8.21. The maximum absolute atomic E-state index is 2.46. The van der Waals surface area contributed by atoms with Gasteiger partial charge in [0.05, 0.1) is 0 Å². The van der Waals surface area contributed by atoms with Gasteiger partial charge in [-0.25, -0.2) is 0 Å². The Labute approximate surface area is 150 Å². The molecule has 3 aromatic rings. The van der Waals surface area contributed by atoms with Crippen LogP contribution in [0.5, 0.6) is 0 Å². The molecule has 0 saturated heterocycles. The number of hydrogen-bond donors (Lipinski definition) is 0. The van der Waals surface area contributed by atoms with Crippen LogP contribution in [0.25, 0.3) is 11.6 Å². The van der Waals surface area contributed by atoms with Gasteiger partial charge in [0.1, 0.15) is 0 Å². The Bertz CT molecular complexity index is 858.